The minimum atomic E-state index is -1.04. The van der Waals surface area contributed by atoms with Crippen molar-refractivity contribution in [3.05, 3.63) is 47.5 Å². The molecule has 1 saturated carbocycles. The van der Waals surface area contributed by atoms with E-state index in [-0.39, 0.29) is 43.5 Å². The molecule has 2 amide bonds. The van der Waals surface area contributed by atoms with Gasteiger partial charge in [0.15, 0.2) is 17.0 Å². The lowest BCUT2D eigenvalue weighted by atomic mass is 10.1. The Morgan fingerprint density at radius 1 is 1.18 bits per heavy atom. The highest BCUT2D eigenvalue weighted by Gasteiger charge is 2.35. The number of aromatic nitrogens is 4. The maximum absolute atomic E-state index is 13.3. The van der Waals surface area contributed by atoms with Gasteiger partial charge in [0, 0.05) is 19.1 Å². The predicted molar refractivity (Wildman–Crippen MR) is 146 cm³/mol. The van der Waals surface area contributed by atoms with E-state index in [4.69, 9.17) is 26.8 Å². The predicted octanol–water partition coefficient (Wildman–Crippen LogP) is 2.64. The summed E-state index contributed by atoms with van der Waals surface area (Å²) in [6, 6.07) is 8.21. The Kier molecular flexibility index (Phi) is 8.75. The van der Waals surface area contributed by atoms with E-state index in [1.54, 1.807) is 6.33 Å². The van der Waals surface area contributed by atoms with Gasteiger partial charge >= 0.3 is 5.97 Å². The van der Waals surface area contributed by atoms with Gasteiger partial charge in [-0.05, 0) is 55.7 Å². The second kappa shape index (κ2) is 12.6. The number of amides is 2. The molecule has 2 aromatic heterocycles. The zero-order valence-corrected chi connectivity index (χ0v) is 22.8. The highest BCUT2D eigenvalue weighted by molar-refractivity contribution is 6.28. The molecule has 1 unspecified atom stereocenters. The molecule has 0 radical (unpaired) electrons. The van der Waals surface area contributed by atoms with Gasteiger partial charge in [-0.1, -0.05) is 30.3 Å². The first-order valence-electron chi connectivity index (χ1n) is 13.5. The number of halogens is 1. The lowest BCUT2D eigenvalue weighted by molar-refractivity contribution is -0.149. The van der Waals surface area contributed by atoms with Gasteiger partial charge in [-0.2, -0.15) is 9.97 Å². The number of carbonyl (C=O) groups is 3. The lowest BCUT2D eigenvalue weighted by Crippen LogP contribution is -2.47. The summed E-state index contributed by atoms with van der Waals surface area (Å²) in [6.07, 6.45) is 6.04. The molecule has 12 nitrogen and oxygen atoms in total. The number of anilines is 1. The van der Waals surface area contributed by atoms with Crippen LogP contribution >= 0.6 is 11.6 Å². The number of hydrogen-bond donors (Lipinski definition) is 2. The quantitative estimate of drug-likeness (QED) is 0.247. The minimum Gasteiger partial charge on any atom is -0.459 e. The van der Waals surface area contributed by atoms with Crippen molar-refractivity contribution in [2.45, 2.75) is 69.9 Å². The van der Waals surface area contributed by atoms with Gasteiger partial charge in [-0.25, -0.2) is 9.78 Å². The number of carbonyl (C=O) groups excluding carboxylic acids is 3. The molecule has 3 aromatic rings. The summed E-state index contributed by atoms with van der Waals surface area (Å²) in [6.45, 7) is 0.607. The molecule has 212 valence electrons. The molecule has 13 heteroatoms. The Bertz CT molecular complexity index is 1360. The van der Waals surface area contributed by atoms with E-state index in [2.05, 4.69) is 20.3 Å². The molecular formula is C27H32ClN7O5. The maximum atomic E-state index is 13.3. The third-order valence-corrected chi connectivity index (χ3v) is 7.11. The molecule has 1 aromatic carbocycles. The van der Waals surface area contributed by atoms with E-state index in [1.807, 2.05) is 39.8 Å². The van der Waals surface area contributed by atoms with Gasteiger partial charge in [0.25, 0.3) is 0 Å². The number of nitrogens with zero attached hydrogens (tertiary/aromatic N) is 5. The molecule has 3 heterocycles. The fraction of sp³-hybridized carbons (Fsp3) is 0.481. The second-order valence-electron chi connectivity index (χ2n) is 10.0. The molecule has 40 heavy (non-hydrogen) atoms. The largest absolute Gasteiger partial charge is 0.459 e. The third-order valence-electron chi connectivity index (χ3n) is 6.94. The van der Waals surface area contributed by atoms with Crippen molar-refractivity contribution in [2.75, 3.05) is 18.1 Å². The van der Waals surface area contributed by atoms with Crippen molar-refractivity contribution < 1.29 is 23.9 Å². The molecule has 3 N–H and O–H groups in total. The number of ether oxygens (including phenoxy) is 2. The number of imidazole rings is 1. The molecular weight excluding hydrogens is 538 g/mol. The fourth-order valence-electron chi connectivity index (χ4n) is 4.75. The molecule has 0 spiro atoms. The molecule has 2 fully saturated rings. The van der Waals surface area contributed by atoms with E-state index in [1.165, 1.54) is 0 Å². The van der Waals surface area contributed by atoms with Crippen molar-refractivity contribution in [3.8, 4) is 0 Å². The SMILES string of the molecule is NC(=O)CC[C@H](NC(=O)CN(c1nc(Cl)nc2c1ncn2C1CCCCO1)C1CC1)C(=O)OCc1ccccc1. The Hall–Kier alpha value is -3.77. The smallest absolute Gasteiger partial charge is 0.328 e. The first-order valence-corrected chi connectivity index (χ1v) is 13.8. The Morgan fingerprint density at radius 2 is 1.98 bits per heavy atom. The normalized spacial score (nSPS) is 17.8. The Labute approximate surface area is 236 Å². The van der Waals surface area contributed by atoms with Gasteiger partial charge in [0.2, 0.25) is 17.1 Å². The maximum Gasteiger partial charge on any atom is 0.328 e. The van der Waals surface area contributed by atoms with Gasteiger partial charge in [-0.15, -0.1) is 0 Å². The van der Waals surface area contributed by atoms with Crippen LogP contribution in [0, 0.1) is 0 Å². The zero-order chi connectivity index (χ0) is 28.1. The highest BCUT2D eigenvalue weighted by Crippen LogP contribution is 2.35. The highest BCUT2D eigenvalue weighted by atomic mass is 35.5. The summed E-state index contributed by atoms with van der Waals surface area (Å²) in [5.41, 5.74) is 7.17. The average Bonchev–Trinajstić information content (AvgIpc) is 3.72. The summed E-state index contributed by atoms with van der Waals surface area (Å²) in [5.74, 6) is -1.21. The van der Waals surface area contributed by atoms with Crippen LogP contribution in [0.2, 0.25) is 5.28 Å². The van der Waals surface area contributed by atoms with E-state index in [0.717, 1.165) is 37.7 Å². The lowest BCUT2D eigenvalue weighted by Gasteiger charge is -2.26. The molecule has 1 saturated heterocycles. The van der Waals surface area contributed by atoms with Crippen LogP contribution in [0.3, 0.4) is 0 Å². The summed E-state index contributed by atoms with van der Waals surface area (Å²) in [4.78, 5) is 52.8. The van der Waals surface area contributed by atoms with Crippen LogP contribution in [0.1, 0.15) is 56.7 Å². The van der Waals surface area contributed by atoms with Crippen molar-refractivity contribution >= 4 is 46.4 Å². The van der Waals surface area contributed by atoms with Gasteiger partial charge < -0.3 is 25.4 Å². The molecule has 1 aliphatic carbocycles. The Morgan fingerprint density at radius 3 is 2.67 bits per heavy atom. The van der Waals surface area contributed by atoms with Crippen LogP contribution in [-0.4, -0.2) is 62.5 Å². The number of benzene rings is 1. The number of esters is 1. The van der Waals surface area contributed by atoms with Crippen LogP contribution in [0.5, 0.6) is 0 Å². The van der Waals surface area contributed by atoms with Crippen molar-refractivity contribution in [2.24, 2.45) is 5.73 Å². The standard InChI is InChI=1S/C27H32ClN7O5/c28-27-32-24(23-25(33-27)35(16-30-23)22-8-4-5-13-39-22)34(18-9-10-18)14-21(37)31-19(11-12-20(29)36)26(38)40-15-17-6-2-1-3-7-17/h1-3,6-7,16,18-19,22H,4-5,8-15H2,(H2,29,36)(H,31,37)/t19-,22?/m0/s1. The minimum absolute atomic E-state index is 0.0213. The Balaban J connectivity index is 1.32. The van der Waals surface area contributed by atoms with Crippen LogP contribution in [0.4, 0.5) is 5.82 Å². The molecule has 2 aliphatic rings. The molecule has 0 bridgehead atoms. The van der Waals surface area contributed by atoms with Gasteiger partial charge in [0.1, 0.15) is 18.9 Å². The van der Waals surface area contributed by atoms with Crippen LogP contribution in [-0.2, 0) is 30.5 Å². The first-order chi connectivity index (χ1) is 19.4. The summed E-state index contributed by atoms with van der Waals surface area (Å²) in [7, 11) is 0. The van der Waals surface area contributed by atoms with Gasteiger partial charge in [-0.3, -0.25) is 14.2 Å². The molecule has 1 aliphatic heterocycles. The number of hydrogen-bond acceptors (Lipinski definition) is 9. The fourth-order valence-corrected chi connectivity index (χ4v) is 4.91. The van der Waals surface area contributed by atoms with Crippen molar-refractivity contribution in [3.63, 3.8) is 0 Å². The van der Waals surface area contributed by atoms with E-state index < -0.39 is 23.8 Å². The second-order valence-corrected chi connectivity index (χ2v) is 10.4. The topological polar surface area (TPSA) is 155 Å². The third kappa shape index (κ3) is 6.86. The van der Waals surface area contributed by atoms with E-state index in [0.29, 0.717) is 23.6 Å². The summed E-state index contributed by atoms with van der Waals surface area (Å²) < 4.78 is 13.2. The molecule has 5 rings (SSSR count). The zero-order valence-electron chi connectivity index (χ0n) is 22.0. The van der Waals surface area contributed by atoms with Crippen LogP contribution in [0.15, 0.2) is 36.7 Å². The summed E-state index contributed by atoms with van der Waals surface area (Å²) in [5, 5.41) is 2.76. The number of rotatable bonds is 12. The average molecular weight is 570 g/mol. The number of nitrogens with two attached hydrogens (primary N) is 1. The monoisotopic (exact) mass is 569 g/mol. The van der Waals surface area contributed by atoms with Gasteiger partial charge in [0.05, 0.1) is 12.9 Å². The van der Waals surface area contributed by atoms with Crippen molar-refractivity contribution in [1.82, 2.24) is 24.8 Å². The van der Waals surface area contributed by atoms with E-state index >= 15 is 0 Å². The number of primary amides is 1. The number of fused-ring (bicyclic) bond motifs is 1. The van der Waals surface area contributed by atoms with Crippen molar-refractivity contribution in [1.29, 1.82) is 0 Å². The van der Waals surface area contributed by atoms with E-state index in [9.17, 15) is 14.4 Å². The number of nitrogens with one attached hydrogen (secondary N) is 1. The molecule has 2 atom stereocenters. The summed E-state index contributed by atoms with van der Waals surface area (Å²) >= 11 is 6.34. The van der Waals surface area contributed by atoms with Crippen LogP contribution in [0.25, 0.3) is 11.2 Å². The van der Waals surface area contributed by atoms with Crippen LogP contribution < -0.4 is 16.0 Å². The first kappa shape index (κ1) is 27.8.